The lowest BCUT2D eigenvalue weighted by atomic mass is 9.87. The molecule has 0 saturated carbocycles. The zero-order valence-corrected chi connectivity index (χ0v) is 14.1. The minimum absolute atomic E-state index is 0.109. The highest BCUT2D eigenvalue weighted by molar-refractivity contribution is 6.17. The molecule has 25 heavy (non-hydrogen) atoms. The van der Waals surface area contributed by atoms with E-state index >= 15 is 0 Å². The zero-order chi connectivity index (χ0) is 18.4. The van der Waals surface area contributed by atoms with Crippen molar-refractivity contribution < 1.29 is 9.90 Å². The first-order valence-electron chi connectivity index (χ1n) is 7.69. The number of carbonyl (C=O) groups is 1. The Balaban J connectivity index is 2.22. The number of aliphatic imine (C=N–C) groups is 1. The van der Waals surface area contributed by atoms with Gasteiger partial charge in [0.2, 0.25) is 11.8 Å². The second kappa shape index (κ2) is 5.73. The number of aromatic amines is 2. The Bertz CT molecular complexity index is 1000. The summed E-state index contributed by atoms with van der Waals surface area (Å²) in [7, 11) is 3.32. The number of nitrogens with zero attached hydrogens (tertiary/aromatic N) is 2. The Hall–Kier alpha value is -3.16. The molecular formula is C17H18N4O4. The van der Waals surface area contributed by atoms with Crippen LogP contribution in [0.4, 0.5) is 0 Å². The molecule has 2 heterocycles. The van der Waals surface area contributed by atoms with Crippen LogP contribution in [-0.2, 0) is 10.3 Å². The zero-order valence-electron chi connectivity index (χ0n) is 14.1. The third-order valence-corrected chi connectivity index (χ3v) is 4.27. The van der Waals surface area contributed by atoms with Crippen LogP contribution in [0.5, 0.6) is 5.88 Å². The highest BCUT2D eigenvalue weighted by Gasteiger charge is 2.39. The van der Waals surface area contributed by atoms with Crippen molar-refractivity contribution in [2.45, 2.75) is 18.9 Å². The van der Waals surface area contributed by atoms with E-state index in [1.807, 2.05) is 12.1 Å². The lowest BCUT2D eigenvalue weighted by Gasteiger charge is -2.23. The number of rotatable bonds is 3. The van der Waals surface area contributed by atoms with Crippen LogP contribution in [0.15, 0.2) is 38.8 Å². The number of nitrogens with one attached hydrogen (secondary N) is 2. The van der Waals surface area contributed by atoms with Crippen LogP contribution in [0.3, 0.4) is 0 Å². The van der Waals surface area contributed by atoms with Gasteiger partial charge in [0.25, 0.3) is 5.56 Å². The van der Waals surface area contributed by atoms with Gasteiger partial charge in [0.15, 0.2) is 0 Å². The van der Waals surface area contributed by atoms with Crippen molar-refractivity contribution in [2.75, 3.05) is 14.1 Å². The van der Waals surface area contributed by atoms with E-state index in [1.165, 1.54) is 4.90 Å². The van der Waals surface area contributed by atoms with Crippen molar-refractivity contribution in [1.29, 1.82) is 0 Å². The summed E-state index contributed by atoms with van der Waals surface area (Å²) in [6.07, 6.45) is 0.114. The summed E-state index contributed by atoms with van der Waals surface area (Å²) in [4.78, 5) is 46.1. The van der Waals surface area contributed by atoms with Crippen molar-refractivity contribution in [3.63, 3.8) is 0 Å². The largest absolute Gasteiger partial charge is 0.494 e. The van der Waals surface area contributed by atoms with Crippen LogP contribution >= 0.6 is 0 Å². The van der Waals surface area contributed by atoms with E-state index in [9.17, 15) is 19.5 Å². The summed E-state index contributed by atoms with van der Waals surface area (Å²) >= 11 is 0. The Morgan fingerprint density at radius 3 is 2.56 bits per heavy atom. The van der Waals surface area contributed by atoms with Gasteiger partial charge in [-0.1, -0.05) is 24.3 Å². The minimum atomic E-state index is -0.873. The summed E-state index contributed by atoms with van der Waals surface area (Å²) in [5.41, 5.74) is -0.855. The summed E-state index contributed by atoms with van der Waals surface area (Å²) in [6, 6.07) is 7.21. The number of H-pyrrole nitrogens is 2. The lowest BCUT2D eigenvalue weighted by Crippen LogP contribution is -2.30. The van der Waals surface area contributed by atoms with E-state index in [-0.39, 0.29) is 23.6 Å². The van der Waals surface area contributed by atoms with Gasteiger partial charge in [0.05, 0.1) is 17.7 Å². The molecule has 130 valence electrons. The fraction of sp³-hybridized carbons (Fsp3) is 0.294. The van der Waals surface area contributed by atoms with Gasteiger partial charge < -0.3 is 10.0 Å². The second-order valence-corrected chi connectivity index (χ2v) is 6.38. The van der Waals surface area contributed by atoms with Crippen LogP contribution in [0.2, 0.25) is 0 Å². The molecule has 0 aliphatic carbocycles. The second-order valence-electron chi connectivity index (χ2n) is 6.38. The average Bonchev–Trinajstić information content (AvgIpc) is 2.80. The molecule has 8 nitrogen and oxygen atoms in total. The third-order valence-electron chi connectivity index (χ3n) is 4.27. The molecule has 1 aliphatic rings. The highest BCUT2D eigenvalue weighted by atomic mass is 16.3. The van der Waals surface area contributed by atoms with Crippen LogP contribution in [-0.4, -0.2) is 45.7 Å². The molecule has 1 aliphatic heterocycles. The molecule has 0 saturated heterocycles. The summed E-state index contributed by atoms with van der Waals surface area (Å²) in [5, 5.41) is 10.1. The molecule has 1 aromatic heterocycles. The van der Waals surface area contributed by atoms with Crippen LogP contribution < -0.4 is 11.2 Å². The van der Waals surface area contributed by atoms with Gasteiger partial charge in [-0.25, -0.2) is 4.79 Å². The maximum Gasteiger partial charge on any atom is 0.328 e. The molecular weight excluding hydrogens is 324 g/mol. The lowest BCUT2D eigenvalue weighted by molar-refractivity contribution is -0.129. The molecule has 1 atom stereocenters. The Morgan fingerprint density at radius 2 is 1.92 bits per heavy atom. The summed E-state index contributed by atoms with van der Waals surface area (Å²) in [5.74, 6) is -0.660. The number of benzene rings is 1. The van der Waals surface area contributed by atoms with E-state index in [0.717, 1.165) is 5.56 Å². The highest BCUT2D eigenvalue weighted by Crippen LogP contribution is 2.40. The van der Waals surface area contributed by atoms with Crippen molar-refractivity contribution in [1.82, 2.24) is 14.9 Å². The van der Waals surface area contributed by atoms with E-state index in [0.29, 0.717) is 5.56 Å². The molecule has 1 amide bonds. The fourth-order valence-electron chi connectivity index (χ4n) is 3.00. The molecule has 0 radical (unpaired) electrons. The van der Waals surface area contributed by atoms with Gasteiger partial charge in [-0.05, 0) is 12.5 Å². The van der Waals surface area contributed by atoms with Gasteiger partial charge in [-0.3, -0.25) is 24.5 Å². The molecule has 1 unspecified atom stereocenters. The van der Waals surface area contributed by atoms with Crippen molar-refractivity contribution in [3.05, 3.63) is 61.8 Å². The number of aromatic nitrogens is 2. The van der Waals surface area contributed by atoms with Crippen molar-refractivity contribution in [2.24, 2.45) is 4.99 Å². The predicted octanol–water partition coefficient (Wildman–Crippen LogP) is 0.313. The van der Waals surface area contributed by atoms with Crippen LogP contribution in [0, 0.1) is 0 Å². The standard InChI is InChI=1S/C17H18N4O4/c1-17(8-11(22)21(2)3)10-7-5-4-6-9(10)13(20-17)12-14(23)18-16(25)19-15(12)24/h4-7H,8H2,1-3H3,(H3,18,19,23,24,25). The Morgan fingerprint density at radius 1 is 1.24 bits per heavy atom. The van der Waals surface area contributed by atoms with Gasteiger partial charge in [-0.2, -0.15) is 0 Å². The molecule has 3 N–H and O–H groups in total. The molecule has 0 spiro atoms. The predicted molar refractivity (Wildman–Crippen MR) is 92.1 cm³/mol. The number of fused-ring (bicyclic) bond motifs is 1. The first kappa shape index (κ1) is 16.7. The smallest absolute Gasteiger partial charge is 0.328 e. The van der Waals surface area contributed by atoms with E-state index in [1.54, 1.807) is 33.2 Å². The number of amides is 1. The maximum atomic E-state index is 12.2. The topological polar surface area (TPSA) is 119 Å². The number of aromatic hydroxyl groups is 1. The molecule has 0 bridgehead atoms. The summed E-state index contributed by atoms with van der Waals surface area (Å²) in [6.45, 7) is 1.80. The molecule has 2 aromatic rings. The van der Waals surface area contributed by atoms with E-state index in [2.05, 4.69) is 15.0 Å². The van der Waals surface area contributed by atoms with Crippen LogP contribution in [0.1, 0.15) is 30.0 Å². The molecule has 1 aromatic carbocycles. The number of hydrogen-bond acceptors (Lipinski definition) is 5. The first-order chi connectivity index (χ1) is 11.7. The van der Waals surface area contributed by atoms with E-state index in [4.69, 9.17) is 0 Å². The normalized spacial score (nSPS) is 18.6. The maximum absolute atomic E-state index is 12.2. The molecule has 8 heteroatoms. The van der Waals surface area contributed by atoms with Gasteiger partial charge in [0, 0.05) is 19.7 Å². The van der Waals surface area contributed by atoms with Gasteiger partial charge >= 0.3 is 5.69 Å². The Labute approximate surface area is 142 Å². The molecule has 3 rings (SSSR count). The number of carbonyl (C=O) groups excluding carboxylic acids is 1. The minimum Gasteiger partial charge on any atom is -0.494 e. The van der Waals surface area contributed by atoms with E-state index < -0.39 is 22.7 Å². The van der Waals surface area contributed by atoms with Crippen molar-refractivity contribution >= 4 is 11.6 Å². The average molecular weight is 342 g/mol. The van der Waals surface area contributed by atoms with Crippen LogP contribution in [0.25, 0.3) is 0 Å². The first-order valence-corrected chi connectivity index (χ1v) is 7.69. The quantitative estimate of drug-likeness (QED) is 0.744. The van der Waals surface area contributed by atoms with Gasteiger partial charge in [-0.15, -0.1) is 0 Å². The third kappa shape index (κ3) is 2.75. The SMILES string of the molecule is CN(C)C(=O)CC1(C)N=C(c2c(O)[nH]c(=O)[nH]c2=O)c2ccccc21. The van der Waals surface area contributed by atoms with Crippen molar-refractivity contribution in [3.8, 4) is 5.88 Å². The number of hydrogen-bond donors (Lipinski definition) is 3. The fourth-order valence-corrected chi connectivity index (χ4v) is 3.00. The monoisotopic (exact) mass is 342 g/mol. The summed E-state index contributed by atoms with van der Waals surface area (Å²) < 4.78 is 0. The van der Waals surface area contributed by atoms with Gasteiger partial charge in [0.1, 0.15) is 5.56 Å². The Kier molecular flexibility index (Phi) is 3.82. The molecule has 0 fully saturated rings.